The maximum Gasteiger partial charge on any atom is 0.472 e. The second kappa shape index (κ2) is 58.6. The zero-order valence-electron chi connectivity index (χ0n) is 51.1. The average Bonchev–Trinajstić information content (AvgIpc) is 3.40. The summed E-state index contributed by atoms with van der Waals surface area (Å²) >= 11 is 0. The Morgan fingerprint density at radius 1 is 0.410 bits per heavy atom. The fourth-order valence-corrected chi connectivity index (χ4v) is 9.44. The largest absolute Gasteiger partial charge is 0.472 e. The molecule has 0 spiro atoms. The third-order valence-electron chi connectivity index (χ3n) is 13.6. The summed E-state index contributed by atoms with van der Waals surface area (Å²) in [5, 5.41) is 0. The predicted molar refractivity (Wildman–Crippen MR) is 335 cm³/mol. The number of carbonyl (C=O) groups is 2. The number of esters is 2. The van der Waals surface area contributed by atoms with Crippen LogP contribution >= 0.6 is 7.82 Å². The Morgan fingerprint density at radius 3 is 1.09 bits per heavy atom. The van der Waals surface area contributed by atoms with Crippen LogP contribution < -0.4 is 0 Å². The first-order chi connectivity index (χ1) is 38.0. The minimum atomic E-state index is -4.39. The van der Waals surface area contributed by atoms with Gasteiger partial charge in [0.1, 0.15) is 19.8 Å². The molecule has 0 saturated heterocycles. The van der Waals surface area contributed by atoms with Crippen LogP contribution in [0.2, 0.25) is 0 Å². The summed E-state index contributed by atoms with van der Waals surface area (Å²) in [5.74, 6) is -0.799. The van der Waals surface area contributed by atoms with Crippen LogP contribution in [0.1, 0.15) is 271 Å². The SMILES string of the molecule is CC/C=C\C/C=C\C/C=C\C/C=C\C/C=C\C/C=C\CCCCCCCCCCCCCCC(=O)OC(COC(=O)CCCCCCCCCCCCC/C=C\C/C=C\CCCCCCC)COP(=O)(O)OCC[N+](C)(C)C. The molecule has 0 aromatic heterocycles. The number of nitrogens with zero attached hydrogens (tertiary/aromatic N) is 1. The Morgan fingerprint density at radius 2 is 0.731 bits per heavy atom. The molecule has 10 heteroatoms. The number of allylic oxidation sites excluding steroid dienone is 16. The second-order valence-corrected chi connectivity index (χ2v) is 23.9. The fraction of sp³-hybridized carbons (Fsp3) is 0.735. The Balaban J connectivity index is 4.12. The maximum absolute atomic E-state index is 12.9. The van der Waals surface area contributed by atoms with Crippen molar-refractivity contribution in [3.05, 3.63) is 97.2 Å². The van der Waals surface area contributed by atoms with E-state index in [4.69, 9.17) is 18.5 Å². The lowest BCUT2D eigenvalue weighted by atomic mass is 10.0. The van der Waals surface area contributed by atoms with Crippen molar-refractivity contribution in [3.63, 3.8) is 0 Å². The molecule has 450 valence electrons. The van der Waals surface area contributed by atoms with E-state index in [2.05, 4.69) is 111 Å². The minimum Gasteiger partial charge on any atom is -0.462 e. The number of unbranched alkanes of at least 4 members (excludes halogenated alkanes) is 28. The molecule has 0 fully saturated rings. The van der Waals surface area contributed by atoms with E-state index in [1.54, 1.807) is 0 Å². The van der Waals surface area contributed by atoms with E-state index in [1.165, 1.54) is 154 Å². The Kier molecular flexibility index (Phi) is 56.3. The first-order valence-corrected chi connectivity index (χ1v) is 33.5. The van der Waals surface area contributed by atoms with E-state index in [0.29, 0.717) is 17.4 Å². The molecule has 0 amide bonds. The summed E-state index contributed by atoms with van der Waals surface area (Å²) in [6, 6.07) is 0. The lowest BCUT2D eigenvalue weighted by Gasteiger charge is -2.24. The standard InChI is InChI=1S/C68H120NO8P/c1-6-8-10-12-14-16-18-20-22-24-26-28-30-31-32-33-34-35-36-37-39-41-43-45-47-49-51-53-55-57-59-61-68(71)77-66(65-76-78(72,73)75-63-62-69(3,4)5)64-74-67(70)60-58-56-54-52-50-48-46-44-42-40-38-29-27-25-23-21-19-17-15-13-11-9-7-2/h8,10,14,16,19-22,25-28,31-32,34-35,66H,6-7,9,11-13,15,17-18,23-24,29-30,33,36-65H2,1-5H3/p+1/b10-8-,16-14-,21-19-,22-20-,27-25-,28-26-,32-31-,35-34-. The zero-order valence-corrected chi connectivity index (χ0v) is 52.0. The molecule has 78 heavy (non-hydrogen) atoms. The van der Waals surface area contributed by atoms with Crippen LogP contribution in [0.3, 0.4) is 0 Å². The van der Waals surface area contributed by atoms with Gasteiger partial charge in [0, 0.05) is 12.8 Å². The van der Waals surface area contributed by atoms with Gasteiger partial charge in [-0.2, -0.15) is 0 Å². The van der Waals surface area contributed by atoms with E-state index in [-0.39, 0.29) is 32.0 Å². The average molecular weight is 1110 g/mol. The number of quaternary nitrogens is 1. The van der Waals surface area contributed by atoms with E-state index in [1.807, 2.05) is 21.1 Å². The van der Waals surface area contributed by atoms with Crippen LogP contribution in [0, 0.1) is 0 Å². The predicted octanol–water partition coefficient (Wildman–Crippen LogP) is 20.4. The molecule has 0 radical (unpaired) electrons. The van der Waals surface area contributed by atoms with Gasteiger partial charge in [-0.3, -0.25) is 18.6 Å². The van der Waals surface area contributed by atoms with Gasteiger partial charge in [-0.05, 0) is 96.3 Å². The quantitative estimate of drug-likeness (QED) is 0.0211. The molecule has 9 nitrogen and oxygen atoms in total. The van der Waals surface area contributed by atoms with Crippen molar-refractivity contribution in [3.8, 4) is 0 Å². The van der Waals surface area contributed by atoms with Gasteiger partial charge in [-0.1, -0.05) is 259 Å². The van der Waals surface area contributed by atoms with Crippen LogP contribution in [0.4, 0.5) is 0 Å². The summed E-state index contributed by atoms with van der Waals surface area (Å²) in [4.78, 5) is 35.8. The number of hydrogen-bond donors (Lipinski definition) is 1. The third kappa shape index (κ3) is 62.1. The van der Waals surface area contributed by atoms with Crippen molar-refractivity contribution in [2.45, 2.75) is 277 Å². The first kappa shape index (κ1) is 74.9. The summed E-state index contributed by atoms with van der Waals surface area (Å²) in [6.45, 7) is 4.32. The highest BCUT2D eigenvalue weighted by molar-refractivity contribution is 7.47. The van der Waals surface area contributed by atoms with Gasteiger partial charge < -0.3 is 18.9 Å². The van der Waals surface area contributed by atoms with Gasteiger partial charge in [0.15, 0.2) is 6.10 Å². The highest BCUT2D eigenvalue weighted by atomic mass is 31.2. The van der Waals surface area contributed by atoms with Gasteiger partial charge in [0.05, 0.1) is 27.7 Å². The molecular formula is C68H121NO8P+. The molecule has 2 atom stereocenters. The summed E-state index contributed by atoms with van der Waals surface area (Å²) < 4.78 is 34.7. The summed E-state index contributed by atoms with van der Waals surface area (Å²) in [7, 11) is 1.47. The van der Waals surface area contributed by atoms with Crippen LogP contribution in [0.15, 0.2) is 97.2 Å². The Labute approximate surface area is 481 Å². The van der Waals surface area contributed by atoms with Crippen molar-refractivity contribution >= 4 is 19.8 Å². The normalized spacial score (nSPS) is 13.9. The number of rotatable bonds is 58. The van der Waals surface area contributed by atoms with Crippen molar-refractivity contribution in [2.75, 3.05) is 47.5 Å². The molecule has 2 unspecified atom stereocenters. The topological polar surface area (TPSA) is 108 Å². The summed E-state index contributed by atoms with van der Waals surface area (Å²) in [6.07, 6.45) is 80.5. The number of ether oxygens (including phenoxy) is 2. The van der Waals surface area contributed by atoms with Crippen molar-refractivity contribution in [1.82, 2.24) is 0 Å². The van der Waals surface area contributed by atoms with Crippen LogP contribution in [0.5, 0.6) is 0 Å². The smallest absolute Gasteiger partial charge is 0.462 e. The zero-order chi connectivity index (χ0) is 57.0. The molecule has 0 rings (SSSR count). The lowest BCUT2D eigenvalue weighted by molar-refractivity contribution is -0.870. The number of likely N-dealkylation sites (N-methyl/N-ethyl adjacent to an activating group) is 1. The summed E-state index contributed by atoms with van der Waals surface area (Å²) in [5.41, 5.74) is 0. The Hall–Kier alpha value is -3.07. The maximum atomic E-state index is 12.9. The van der Waals surface area contributed by atoms with Crippen LogP contribution in [0.25, 0.3) is 0 Å². The van der Waals surface area contributed by atoms with Crippen molar-refractivity contribution < 1.29 is 42.1 Å². The second-order valence-electron chi connectivity index (χ2n) is 22.4. The van der Waals surface area contributed by atoms with Crippen LogP contribution in [-0.4, -0.2) is 74.9 Å². The number of phosphoric acid groups is 1. The molecule has 1 N–H and O–H groups in total. The molecule has 0 aromatic rings. The molecule has 0 aliphatic rings. The molecule has 0 aromatic carbocycles. The van der Waals surface area contributed by atoms with E-state index >= 15 is 0 Å². The number of phosphoric ester groups is 1. The number of carbonyl (C=O) groups excluding carboxylic acids is 2. The number of hydrogen-bond acceptors (Lipinski definition) is 7. The fourth-order valence-electron chi connectivity index (χ4n) is 8.70. The molecule has 0 saturated carbocycles. The molecule has 0 aliphatic carbocycles. The molecule has 0 aliphatic heterocycles. The van der Waals surface area contributed by atoms with E-state index in [0.717, 1.165) is 83.5 Å². The van der Waals surface area contributed by atoms with E-state index < -0.39 is 26.5 Å². The van der Waals surface area contributed by atoms with Gasteiger partial charge in [0.2, 0.25) is 0 Å². The first-order valence-electron chi connectivity index (χ1n) is 32.0. The highest BCUT2D eigenvalue weighted by Gasteiger charge is 2.27. The molecule has 0 bridgehead atoms. The van der Waals surface area contributed by atoms with Crippen molar-refractivity contribution in [2.24, 2.45) is 0 Å². The van der Waals surface area contributed by atoms with Gasteiger partial charge in [0.25, 0.3) is 0 Å². The van der Waals surface area contributed by atoms with Gasteiger partial charge in [-0.25, -0.2) is 4.57 Å². The lowest BCUT2D eigenvalue weighted by Crippen LogP contribution is -2.37. The molecule has 0 heterocycles. The van der Waals surface area contributed by atoms with Crippen LogP contribution in [-0.2, 0) is 32.7 Å². The van der Waals surface area contributed by atoms with Gasteiger partial charge in [-0.15, -0.1) is 0 Å². The monoisotopic (exact) mass is 1110 g/mol. The minimum absolute atomic E-state index is 0.0276. The molecular weight excluding hydrogens is 990 g/mol. The van der Waals surface area contributed by atoms with Crippen molar-refractivity contribution in [1.29, 1.82) is 0 Å². The van der Waals surface area contributed by atoms with Gasteiger partial charge >= 0.3 is 19.8 Å². The Bertz CT molecular complexity index is 1640. The third-order valence-corrected chi connectivity index (χ3v) is 14.6. The van der Waals surface area contributed by atoms with E-state index in [9.17, 15) is 19.0 Å². The highest BCUT2D eigenvalue weighted by Crippen LogP contribution is 2.43.